The number of benzene rings is 1. The van der Waals surface area contributed by atoms with E-state index in [9.17, 15) is 9.59 Å². The molecule has 0 saturated carbocycles. The van der Waals surface area contributed by atoms with Crippen LogP contribution in [-0.2, 0) is 12.0 Å². The minimum absolute atomic E-state index is 0.116. The molecule has 144 valence electrons. The Hall–Kier alpha value is -2.89. The molecule has 2 aromatic rings. The van der Waals surface area contributed by atoms with E-state index in [1.165, 1.54) is 6.08 Å². The molecule has 1 N–H and O–H groups in total. The minimum atomic E-state index is -0.226. The Bertz CT molecular complexity index is 857. The quantitative estimate of drug-likeness (QED) is 0.623. The second-order valence-corrected chi connectivity index (χ2v) is 7.64. The predicted octanol–water partition coefficient (Wildman–Crippen LogP) is 3.71. The molecule has 27 heavy (non-hydrogen) atoms. The molecule has 0 bridgehead atoms. The summed E-state index contributed by atoms with van der Waals surface area (Å²) >= 11 is 0. The van der Waals surface area contributed by atoms with Crippen LogP contribution in [0.3, 0.4) is 0 Å². The normalized spacial score (nSPS) is 11.6. The van der Waals surface area contributed by atoms with Gasteiger partial charge in [0.2, 0.25) is 0 Å². The third-order valence-corrected chi connectivity index (χ3v) is 3.99. The number of aryl methyl sites for hydroxylation is 1. The van der Waals surface area contributed by atoms with Crippen molar-refractivity contribution >= 4 is 17.4 Å². The van der Waals surface area contributed by atoms with E-state index in [2.05, 4.69) is 10.4 Å². The van der Waals surface area contributed by atoms with Crippen LogP contribution in [-0.4, -0.2) is 40.5 Å². The van der Waals surface area contributed by atoms with Gasteiger partial charge in [-0.05, 0) is 39.3 Å². The van der Waals surface area contributed by atoms with Crippen LogP contribution in [0.25, 0.3) is 0 Å². The topological polar surface area (TPSA) is 67.2 Å². The number of rotatable bonds is 6. The maximum atomic E-state index is 12.8. The third-order valence-electron chi connectivity index (χ3n) is 3.99. The number of aromatic nitrogens is 2. The van der Waals surface area contributed by atoms with Crippen LogP contribution in [0.4, 0.5) is 5.69 Å². The first-order valence-electron chi connectivity index (χ1n) is 9.01. The second kappa shape index (κ2) is 8.20. The summed E-state index contributed by atoms with van der Waals surface area (Å²) in [5.41, 5.74) is 2.20. The van der Waals surface area contributed by atoms with Gasteiger partial charge >= 0.3 is 0 Å². The molecule has 0 aliphatic carbocycles. The van der Waals surface area contributed by atoms with Crippen molar-refractivity contribution in [1.82, 2.24) is 14.7 Å². The molecule has 2 rings (SSSR count). The molecule has 0 saturated heterocycles. The molecule has 6 nitrogen and oxygen atoms in total. The number of amides is 1. The maximum absolute atomic E-state index is 12.8. The van der Waals surface area contributed by atoms with Crippen LogP contribution >= 0.6 is 0 Å². The highest BCUT2D eigenvalue weighted by atomic mass is 16.1. The zero-order chi connectivity index (χ0) is 20.2. The van der Waals surface area contributed by atoms with Crippen molar-refractivity contribution in [2.24, 2.45) is 0 Å². The van der Waals surface area contributed by atoms with Crippen LogP contribution < -0.4 is 5.32 Å². The molecule has 0 unspecified atom stereocenters. The van der Waals surface area contributed by atoms with E-state index in [0.717, 1.165) is 5.69 Å². The molecule has 0 spiro atoms. The molecule has 1 heterocycles. The number of nitrogens with zero attached hydrogens (tertiary/aromatic N) is 3. The van der Waals surface area contributed by atoms with Gasteiger partial charge in [0, 0.05) is 43.8 Å². The van der Waals surface area contributed by atoms with Crippen LogP contribution in [0.2, 0.25) is 0 Å². The first-order valence-corrected chi connectivity index (χ1v) is 9.01. The zero-order valence-corrected chi connectivity index (χ0v) is 16.9. The largest absolute Gasteiger partial charge is 0.383 e. The van der Waals surface area contributed by atoms with Gasteiger partial charge in [0.1, 0.15) is 0 Å². The lowest BCUT2D eigenvalue weighted by Gasteiger charge is -2.18. The summed E-state index contributed by atoms with van der Waals surface area (Å²) in [4.78, 5) is 26.8. The SMILES string of the molecule is CCc1nn(C(C)(C)C)cc1C(=O)Nc1cccc(C(=O)/C=C/N(C)C)c1. The number of hydrogen-bond donors (Lipinski definition) is 1. The number of allylic oxidation sites excluding steroid dienone is 1. The molecule has 0 fully saturated rings. The van der Waals surface area contributed by atoms with Gasteiger partial charge in [0.05, 0.1) is 16.8 Å². The van der Waals surface area contributed by atoms with E-state index in [1.54, 1.807) is 41.6 Å². The van der Waals surface area contributed by atoms with E-state index in [1.807, 2.05) is 46.5 Å². The van der Waals surface area contributed by atoms with Gasteiger partial charge in [-0.15, -0.1) is 0 Å². The average molecular weight is 368 g/mol. The molecule has 1 aromatic carbocycles. The summed E-state index contributed by atoms with van der Waals surface area (Å²) in [6, 6.07) is 6.93. The van der Waals surface area contributed by atoms with Gasteiger partial charge in [-0.1, -0.05) is 19.1 Å². The second-order valence-electron chi connectivity index (χ2n) is 7.64. The van der Waals surface area contributed by atoms with Crippen molar-refractivity contribution < 1.29 is 9.59 Å². The lowest BCUT2D eigenvalue weighted by atomic mass is 10.1. The number of carbonyl (C=O) groups is 2. The summed E-state index contributed by atoms with van der Waals surface area (Å²) in [5, 5.41) is 7.42. The Kier molecular flexibility index (Phi) is 6.20. The van der Waals surface area contributed by atoms with Crippen molar-refractivity contribution in [3.05, 3.63) is 59.6 Å². The highest BCUT2D eigenvalue weighted by Crippen LogP contribution is 2.19. The first kappa shape index (κ1) is 20.4. The average Bonchev–Trinajstić information content (AvgIpc) is 3.04. The first-order chi connectivity index (χ1) is 12.6. The Morgan fingerprint density at radius 3 is 2.56 bits per heavy atom. The van der Waals surface area contributed by atoms with E-state index >= 15 is 0 Å². The third kappa shape index (κ3) is 5.29. The summed E-state index contributed by atoms with van der Waals surface area (Å²) in [6.45, 7) is 8.09. The molecule has 0 aliphatic rings. The van der Waals surface area contributed by atoms with Crippen molar-refractivity contribution in [1.29, 1.82) is 0 Å². The summed E-state index contributed by atoms with van der Waals surface area (Å²) < 4.78 is 1.81. The van der Waals surface area contributed by atoms with E-state index in [4.69, 9.17) is 0 Å². The molecule has 0 atom stereocenters. The lowest BCUT2D eigenvalue weighted by molar-refractivity contribution is 0.102. The Labute approximate surface area is 160 Å². The van der Waals surface area contributed by atoms with E-state index in [-0.39, 0.29) is 17.2 Å². The fraction of sp³-hybridized carbons (Fsp3) is 0.381. The van der Waals surface area contributed by atoms with Crippen LogP contribution in [0, 0.1) is 0 Å². The van der Waals surface area contributed by atoms with Crippen LogP contribution in [0.15, 0.2) is 42.7 Å². The minimum Gasteiger partial charge on any atom is -0.383 e. The number of nitrogens with one attached hydrogen (secondary N) is 1. The maximum Gasteiger partial charge on any atom is 0.259 e. The van der Waals surface area contributed by atoms with Crippen LogP contribution in [0.1, 0.15) is 54.1 Å². The molecular formula is C21H28N4O2. The Balaban J connectivity index is 2.23. The van der Waals surface area contributed by atoms with Gasteiger partial charge in [0.25, 0.3) is 5.91 Å². The number of anilines is 1. The predicted molar refractivity (Wildman–Crippen MR) is 108 cm³/mol. The van der Waals surface area contributed by atoms with Gasteiger partial charge in [-0.25, -0.2) is 0 Å². The van der Waals surface area contributed by atoms with Crippen molar-refractivity contribution in [3.63, 3.8) is 0 Å². The highest BCUT2D eigenvalue weighted by molar-refractivity contribution is 6.07. The van der Waals surface area contributed by atoms with Crippen molar-refractivity contribution in [2.75, 3.05) is 19.4 Å². The summed E-state index contributed by atoms with van der Waals surface area (Å²) in [6.07, 6.45) is 5.65. The Morgan fingerprint density at radius 1 is 1.26 bits per heavy atom. The van der Waals surface area contributed by atoms with Gasteiger partial charge in [-0.3, -0.25) is 14.3 Å². The monoisotopic (exact) mass is 368 g/mol. The standard InChI is InChI=1S/C21H28N4O2/c1-7-18-17(14-25(23-18)21(2,3)4)20(27)22-16-10-8-9-15(13-16)19(26)11-12-24(5)6/h8-14H,7H2,1-6H3,(H,22,27)/b12-11+. The molecular weight excluding hydrogens is 340 g/mol. The number of hydrogen-bond acceptors (Lipinski definition) is 4. The van der Waals surface area contributed by atoms with Crippen molar-refractivity contribution in [3.8, 4) is 0 Å². The van der Waals surface area contributed by atoms with E-state index < -0.39 is 0 Å². The highest BCUT2D eigenvalue weighted by Gasteiger charge is 2.21. The zero-order valence-electron chi connectivity index (χ0n) is 16.9. The molecule has 1 aromatic heterocycles. The Morgan fingerprint density at radius 2 is 1.96 bits per heavy atom. The lowest BCUT2D eigenvalue weighted by Crippen LogP contribution is -2.22. The smallest absolute Gasteiger partial charge is 0.259 e. The fourth-order valence-electron chi connectivity index (χ4n) is 2.47. The van der Waals surface area contributed by atoms with Gasteiger partial charge in [-0.2, -0.15) is 5.10 Å². The summed E-state index contributed by atoms with van der Waals surface area (Å²) in [5.74, 6) is -0.342. The summed E-state index contributed by atoms with van der Waals surface area (Å²) in [7, 11) is 3.70. The molecule has 6 heteroatoms. The number of ketones is 1. The van der Waals surface area contributed by atoms with E-state index in [0.29, 0.717) is 23.2 Å². The molecule has 1 amide bonds. The fourth-order valence-corrected chi connectivity index (χ4v) is 2.47. The molecule has 0 radical (unpaired) electrons. The van der Waals surface area contributed by atoms with Crippen LogP contribution in [0.5, 0.6) is 0 Å². The van der Waals surface area contributed by atoms with Crippen molar-refractivity contribution in [2.45, 2.75) is 39.7 Å². The van der Waals surface area contributed by atoms with Gasteiger partial charge in [0.15, 0.2) is 5.78 Å². The van der Waals surface area contributed by atoms with Gasteiger partial charge < -0.3 is 10.2 Å². The molecule has 0 aliphatic heterocycles. The number of carbonyl (C=O) groups excluding carboxylic acids is 2.